The van der Waals surface area contributed by atoms with E-state index in [1.54, 1.807) is 0 Å². The van der Waals surface area contributed by atoms with E-state index in [2.05, 4.69) is 45.5 Å². The minimum atomic E-state index is 0.333. The van der Waals surface area contributed by atoms with E-state index in [0.717, 1.165) is 22.6 Å². The average Bonchev–Trinajstić information content (AvgIpc) is 2.39. The van der Waals surface area contributed by atoms with Crippen LogP contribution in [0.2, 0.25) is 5.02 Å². The Balaban J connectivity index is 2.11. The lowest BCUT2D eigenvalue weighted by Gasteiger charge is -2.27. The van der Waals surface area contributed by atoms with Crippen LogP contribution in [-0.4, -0.2) is 6.54 Å². The highest BCUT2D eigenvalue weighted by atomic mass is 79.9. The van der Waals surface area contributed by atoms with Crippen molar-refractivity contribution in [3.63, 3.8) is 0 Å². The maximum Gasteiger partial charge on any atom is 0.0444 e. The zero-order valence-electron chi connectivity index (χ0n) is 9.79. The van der Waals surface area contributed by atoms with Crippen molar-refractivity contribution in [3.05, 3.63) is 68.7 Å². The number of rotatable bonds is 1. The molecule has 0 aliphatic carbocycles. The normalized spacial score (nSPS) is 18.4. The molecule has 2 aromatic carbocycles. The lowest BCUT2D eigenvalue weighted by Crippen LogP contribution is -2.28. The Bertz CT molecular complexity index is 582. The maximum absolute atomic E-state index is 6.32. The van der Waals surface area contributed by atoms with Gasteiger partial charge < -0.3 is 5.32 Å². The van der Waals surface area contributed by atoms with Crippen molar-refractivity contribution in [3.8, 4) is 0 Å². The van der Waals surface area contributed by atoms with Gasteiger partial charge in [0.05, 0.1) is 0 Å². The van der Waals surface area contributed by atoms with Crippen molar-refractivity contribution in [1.82, 2.24) is 5.32 Å². The van der Waals surface area contributed by atoms with Crippen LogP contribution in [0.25, 0.3) is 0 Å². The molecule has 3 rings (SSSR count). The number of halogens is 2. The molecule has 0 saturated carbocycles. The summed E-state index contributed by atoms with van der Waals surface area (Å²) in [6.07, 6.45) is 0. The summed E-state index contributed by atoms with van der Waals surface area (Å²) in [6, 6.07) is 14.6. The fraction of sp³-hybridized carbons (Fsp3) is 0.200. The second-order valence-corrected chi connectivity index (χ2v) is 5.87. The third-order valence-corrected chi connectivity index (χ3v) is 4.27. The fourth-order valence-corrected chi connectivity index (χ4v) is 3.19. The van der Waals surface area contributed by atoms with Crippen LogP contribution in [0.15, 0.2) is 46.9 Å². The Morgan fingerprint density at radius 2 is 1.94 bits per heavy atom. The Morgan fingerprint density at radius 1 is 1.11 bits per heavy atom. The molecule has 1 aliphatic heterocycles. The second-order valence-electron chi connectivity index (χ2n) is 4.55. The lowest BCUT2D eigenvalue weighted by molar-refractivity contribution is 0.591. The van der Waals surface area contributed by atoms with Gasteiger partial charge in [-0.3, -0.25) is 0 Å². The Labute approximate surface area is 120 Å². The standard InChI is InChI=1S/C15H13BrClN/c16-11-6-5-10-8-18-9-14(13(10)7-11)12-3-1-2-4-15(12)17/h1-7,14,18H,8-9H2. The topological polar surface area (TPSA) is 12.0 Å². The molecule has 1 unspecified atom stereocenters. The Kier molecular flexibility index (Phi) is 3.42. The van der Waals surface area contributed by atoms with Gasteiger partial charge in [0.25, 0.3) is 0 Å². The van der Waals surface area contributed by atoms with Crippen LogP contribution in [0.3, 0.4) is 0 Å². The van der Waals surface area contributed by atoms with E-state index in [1.165, 1.54) is 16.7 Å². The van der Waals surface area contributed by atoms with E-state index >= 15 is 0 Å². The van der Waals surface area contributed by atoms with Gasteiger partial charge in [-0.15, -0.1) is 0 Å². The second kappa shape index (κ2) is 5.04. The summed E-state index contributed by atoms with van der Waals surface area (Å²) in [5, 5.41) is 4.31. The summed E-state index contributed by atoms with van der Waals surface area (Å²) < 4.78 is 1.13. The minimum absolute atomic E-state index is 0.333. The van der Waals surface area contributed by atoms with Crippen molar-refractivity contribution in [2.75, 3.05) is 6.54 Å². The summed E-state index contributed by atoms with van der Waals surface area (Å²) in [6.45, 7) is 1.87. The first-order valence-electron chi connectivity index (χ1n) is 5.99. The van der Waals surface area contributed by atoms with E-state index in [-0.39, 0.29) is 0 Å². The highest BCUT2D eigenvalue weighted by Crippen LogP contribution is 2.35. The lowest BCUT2D eigenvalue weighted by atomic mass is 9.85. The molecule has 0 bridgehead atoms. The van der Waals surface area contributed by atoms with Crippen molar-refractivity contribution >= 4 is 27.5 Å². The summed E-state index contributed by atoms with van der Waals surface area (Å²) in [7, 11) is 0. The van der Waals surface area contributed by atoms with Gasteiger partial charge in [0, 0.05) is 28.5 Å². The first-order valence-corrected chi connectivity index (χ1v) is 7.16. The summed E-state index contributed by atoms with van der Waals surface area (Å²) in [5.41, 5.74) is 3.93. The highest BCUT2D eigenvalue weighted by Gasteiger charge is 2.23. The molecule has 0 radical (unpaired) electrons. The predicted molar refractivity (Wildman–Crippen MR) is 79.1 cm³/mol. The van der Waals surface area contributed by atoms with Crippen LogP contribution in [0, 0.1) is 0 Å². The molecule has 92 valence electrons. The smallest absolute Gasteiger partial charge is 0.0444 e. The van der Waals surface area contributed by atoms with Crippen LogP contribution < -0.4 is 5.32 Å². The fourth-order valence-electron chi connectivity index (χ4n) is 2.55. The molecule has 0 saturated heterocycles. The van der Waals surface area contributed by atoms with E-state index in [9.17, 15) is 0 Å². The first-order chi connectivity index (χ1) is 8.75. The van der Waals surface area contributed by atoms with Gasteiger partial charge in [-0.2, -0.15) is 0 Å². The van der Waals surface area contributed by atoms with Crippen molar-refractivity contribution in [1.29, 1.82) is 0 Å². The third kappa shape index (κ3) is 2.20. The number of nitrogens with one attached hydrogen (secondary N) is 1. The molecular weight excluding hydrogens is 310 g/mol. The Morgan fingerprint density at radius 3 is 2.78 bits per heavy atom. The quantitative estimate of drug-likeness (QED) is 0.823. The van der Waals surface area contributed by atoms with Gasteiger partial charge in [-0.1, -0.05) is 51.8 Å². The molecule has 0 spiro atoms. The molecule has 1 heterocycles. The first kappa shape index (κ1) is 12.2. The van der Waals surface area contributed by atoms with Crippen LogP contribution in [0.4, 0.5) is 0 Å². The van der Waals surface area contributed by atoms with Crippen LogP contribution in [0.1, 0.15) is 22.6 Å². The molecule has 0 fully saturated rings. The van der Waals surface area contributed by atoms with Gasteiger partial charge in [0.15, 0.2) is 0 Å². The zero-order chi connectivity index (χ0) is 12.5. The molecular formula is C15H13BrClN. The largest absolute Gasteiger partial charge is 0.312 e. The highest BCUT2D eigenvalue weighted by molar-refractivity contribution is 9.10. The van der Waals surface area contributed by atoms with Crippen LogP contribution >= 0.6 is 27.5 Å². The van der Waals surface area contributed by atoms with E-state index < -0.39 is 0 Å². The molecule has 18 heavy (non-hydrogen) atoms. The molecule has 1 aliphatic rings. The van der Waals surface area contributed by atoms with Gasteiger partial charge in [0.2, 0.25) is 0 Å². The summed E-state index contributed by atoms with van der Waals surface area (Å²) >= 11 is 9.88. The molecule has 1 atom stereocenters. The molecule has 1 nitrogen and oxygen atoms in total. The van der Waals surface area contributed by atoms with Gasteiger partial charge >= 0.3 is 0 Å². The van der Waals surface area contributed by atoms with E-state index in [4.69, 9.17) is 11.6 Å². The molecule has 3 heteroatoms. The van der Waals surface area contributed by atoms with Gasteiger partial charge in [-0.05, 0) is 34.9 Å². The number of hydrogen-bond acceptors (Lipinski definition) is 1. The van der Waals surface area contributed by atoms with Gasteiger partial charge in [0.1, 0.15) is 0 Å². The summed E-state index contributed by atoms with van der Waals surface area (Å²) in [5.74, 6) is 0.333. The van der Waals surface area contributed by atoms with E-state index in [1.807, 2.05) is 18.2 Å². The SMILES string of the molecule is Clc1ccccc1C1CNCc2ccc(Br)cc21. The Hall–Kier alpha value is -0.830. The zero-order valence-corrected chi connectivity index (χ0v) is 12.1. The van der Waals surface area contributed by atoms with Gasteiger partial charge in [-0.25, -0.2) is 0 Å². The number of fused-ring (bicyclic) bond motifs is 1. The monoisotopic (exact) mass is 321 g/mol. The molecule has 2 aromatic rings. The minimum Gasteiger partial charge on any atom is -0.312 e. The van der Waals surface area contributed by atoms with Crippen molar-refractivity contribution in [2.45, 2.75) is 12.5 Å². The number of hydrogen-bond donors (Lipinski definition) is 1. The number of benzene rings is 2. The maximum atomic E-state index is 6.32. The molecule has 0 aromatic heterocycles. The summed E-state index contributed by atoms with van der Waals surface area (Å²) in [4.78, 5) is 0. The predicted octanol–water partition coefficient (Wildman–Crippen LogP) is 4.34. The van der Waals surface area contributed by atoms with E-state index in [0.29, 0.717) is 5.92 Å². The third-order valence-electron chi connectivity index (χ3n) is 3.43. The van der Waals surface area contributed by atoms with Crippen LogP contribution in [0.5, 0.6) is 0 Å². The molecule has 1 N–H and O–H groups in total. The van der Waals surface area contributed by atoms with Crippen molar-refractivity contribution < 1.29 is 0 Å². The van der Waals surface area contributed by atoms with Crippen molar-refractivity contribution in [2.24, 2.45) is 0 Å². The average molecular weight is 323 g/mol. The molecule has 0 amide bonds. The van der Waals surface area contributed by atoms with Crippen LogP contribution in [-0.2, 0) is 6.54 Å².